The molecule has 0 unspecified atom stereocenters. The first-order chi connectivity index (χ1) is 10.6. The molecule has 0 saturated carbocycles. The van der Waals surface area contributed by atoms with Gasteiger partial charge in [0.15, 0.2) is 0 Å². The average Bonchev–Trinajstić information content (AvgIpc) is 2.53. The van der Waals surface area contributed by atoms with Gasteiger partial charge in [0.05, 0.1) is 0 Å². The molecule has 0 heterocycles. The Bertz CT molecular complexity index is 800. The van der Waals surface area contributed by atoms with Crippen molar-refractivity contribution >= 4 is 0 Å². The standard InChI is InChI=1S/C19H13F3/c1-12-17(20)10-15(11-18(12)21)16-8-7-14(9-19(16)22)13-5-3-2-4-6-13/h2-11H,1H3. The molecule has 0 atom stereocenters. The summed E-state index contributed by atoms with van der Waals surface area (Å²) < 4.78 is 41.6. The van der Waals surface area contributed by atoms with E-state index >= 15 is 0 Å². The smallest absolute Gasteiger partial charge is 0.131 e. The predicted molar refractivity (Wildman–Crippen MR) is 81.9 cm³/mol. The fourth-order valence-electron chi connectivity index (χ4n) is 2.36. The Balaban J connectivity index is 2.07. The first-order valence-corrected chi connectivity index (χ1v) is 6.87. The highest BCUT2D eigenvalue weighted by atomic mass is 19.1. The monoisotopic (exact) mass is 298 g/mol. The van der Waals surface area contributed by atoms with Crippen molar-refractivity contribution in [2.45, 2.75) is 6.92 Å². The molecule has 110 valence electrons. The Morgan fingerprint density at radius 3 is 1.77 bits per heavy atom. The van der Waals surface area contributed by atoms with Crippen LogP contribution in [0.3, 0.4) is 0 Å². The van der Waals surface area contributed by atoms with Gasteiger partial charge in [-0.15, -0.1) is 0 Å². The molecule has 0 fully saturated rings. The van der Waals surface area contributed by atoms with Gasteiger partial charge in [0.2, 0.25) is 0 Å². The quantitative estimate of drug-likeness (QED) is 0.565. The highest BCUT2D eigenvalue weighted by Crippen LogP contribution is 2.29. The van der Waals surface area contributed by atoms with E-state index in [0.29, 0.717) is 0 Å². The number of hydrogen-bond acceptors (Lipinski definition) is 0. The number of hydrogen-bond donors (Lipinski definition) is 0. The number of benzene rings is 3. The van der Waals surface area contributed by atoms with E-state index in [1.807, 2.05) is 30.3 Å². The molecule has 0 aliphatic rings. The maximum atomic E-state index is 14.3. The molecule has 0 aliphatic heterocycles. The summed E-state index contributed by atoms with van der Waals surface area (Å²) in [7, 11) is 0. The fraction of sp³-hybridized carbons (Fsp3) is 0.0526. The average molecular weight is 298 g/mol. The van der Waals surface area contributed by atoms with Gasteiger partial charge < -0.3 is 0 Å². The molecule has 0 amide bonds. The van der Waals surface area contributed by atoms with Crippen LogP contribution in [0.25, 0.3) is 22.3 Å². The summed E-state index contributed by atoms with van der Waals surface area (Å²) >= 11 is 0. The summed E-state index contributed by atoms with van der Waals surface area (Å²) in [4.78, 5) is 0. The Hall–Kier alpha value is -2.55. The minimum atomic E-state index is -0.679. The maximum absolute atomic E-state index is 14.3. The number of halogens is 3. The van der Waals surface area contributed by atoms with Crippen LogP contribution < -0.4 is 0 Å². The summed E-state index contributed by atoms with van der Waals surface area (Å²) in [5.74, 6) is -1.87. The van der Waals surface area contributed by atoms with Crippen molar-refractivity contribution in [3.8, 4) is 22.3 Å². The molecular formula is C19H13F3. The van der Waals surface area contributed by atoms with Gasteiger partial charge in [0.25, 0.3) is 0 Å². The van der Waals surface area contributed by atoms with Crippen molar-refractivity contribution in [1.82, 2.24) is 0 Å². The molecule has 0 aliphatic carbocycles. The lowest BCUT2D eigenvalue weighted by molar-refractivity contribution is 0.568. The van der Waals surface area contributed by atoms with E-state index in [0.717, 1.165) is 23.3 Å². The van der Waals surface area contributed by atoms with Crippen LogP contribution in [-0.4, -0.2) is 0 Å². The largest absolute Gasteiger partial charge is 0.207 e. The van der Waals surface area contributed by atoms with Crippen molar-refractivity contribution < 1.29 is 13.2 Å². The van der Waals surface area contributed by atoms with Crippen LogP contribution in [0.5, 0.6) is 0 Å². The normalized spacial score (nSPS) is 10.7. The molecule has 0 spiro atoms. The molecule has 0 nitrogen and oxygen atoms in total. The van der Waals surface area contributed by atoms with Crippen LogP contribution >= 0.6 is 0 Å². The van der Waals surface area contributed by atoms with E-state index in [1.54, 1.807) is 12.1 Å². The lowest BCUT2D eigenvalue weighted by atomic mass is 9.98. The van der Waals surface area contributed by atoms with E-state index in [-0.39, 0.29) is 16.7 Å². The zero-order valence-corrected chi connectivity index (χ0v) is 11.9. The Morgan fingerprint density at radius 1 is 0.591 bits per heavy atom. The SMILES string of the molecule is Cc1c(F)cc(-c2ccc(-c3ccccc3)cc2F)cc1F. The van der Waals surface area contributed by atoms with Crippen LogP contribution in [0.15, 0.2) is 60.7 Å². The second kappa shape index (κ2) is 5.68. The Kier molecular flexibility index (Phi) is 3.72. The first-order valence-electron chi connectivity index (χ1n) is 6.87. The van der Waals surface area contributed by atoms with E-state index in [9.17, 15) is 13.2 Å². The minimum absolute atomic E-state index is 0.0648. The van der Waals surface area contributed by atoms with Gasteiger partial charge in [0, 0.05) is 11.1 Å². The summed E-state index contributed by atoms with van der Waals surface area (Å²) in [6.07, 6.45) is 0. The topological polar surface area (TPSA) is 0 Å². The molecule has 22 heavy (non-hydrogen) atoms. The zero-order chi connectivity index (χ0) is 15.7. The maximum Gasteiger partial charge on any atom is 0.131 e. The third-order valence-electron chi connectivity index (χ3n) is 3.67. The van der Waals surface area contributed by atoms with E-state index in [1.165, 1.54) is 13.0 Å². The molecule has 0 aromatic heterocycles. The molecule has 0 saturated heterocycles. The lowest BCUT2D eigenvalue weighted by Gasteiger charge is -2.09. The third kappa shape index (κ3) is 2.62. The Labute approximate surface area is 126 Å². The highest BCUT2D eigenvalue weighted by Gasteiger charge is 2.12. The summed E-state index contributed by atoms with van der Waals surface area (Å²) in [5.41, 5.74) is 1.91. The fourth-order valence-corrected chi connectivity index (χ4v) is 2.36. The molecule has 3 aromatic rings. The van der Waals surface area contributed by atoms with Crippen LogP contribution in [0.1, 0.15) is 5.56 Å². The predicted octanol–water partition coefficient (Wildman–Crippen LogP) is 5.75. The van der Waals surface area contributed by atoms with Gasteiger partial charge in [-0.25, -0.2) is 13.2 Å². The van der Waals surface area contributed by atoms with Gasteiger partial charge in [-0.05, 0) is 41.8 Å². The van der Waals surface area contributed by atoms with Crippen molar-refractivity contribution in [2.24, 2.45) is 0 Å². The Morgan fingerprint density at radius 2 is 1.18 bits per heavy atom. The van der Waals surface area contributed by atoms with Crippen molar-refractivity contribution in [1.29, 1.82) is 0 Å². The minimum Gasteiger partial charge on any atom is -0.207 e. The summed E-state index contributed by atoms with van der Waals surface area (Å²) in [6.45, 7) is 1.35. The van der Waals surface area contributed by atoms with Gasteiger partial charge in [-0.1, -0.05) is 42.5 Å². The molecule has 0 radical (unpaired) electrons. The zero-order valence-electron chi connectivity index (χ0n) is 11.9. The highest BCUT2D eigenvalue weighted by molar-refractivity contribution is 5.71. The molecule has 0 N–H and O–H groups in total. The molecule has 0 bridgehead atoms. The summed E-state index contributed by atoms with van der Waals surface area (Å²) in [6, 6.07) is 16.3. The van der Waals surface area contributed by atoms with Gasteiger partial charge in [0.1, 0.15) is 17.5 Å². The first kappa shape index (κ1) is 14.4. The number of rotatable bonds is 2. The van der Waals surface area contributed by atoms with E-state index in [4.69, 9.17) is 0 Å². The molecule has 3 heteroatoms. The van der Waals surface area contributed by atoms with Gasteiger partial charge >= 0.3 is 0 Å². The van der Waals surface area contributed by atoms with Gasteiger partial charge in [-0.3, -0.25) is 0 Å². The summed E-state index contributed by atoms with van der Waals surface area (Å²) in [5, 5.41) is 0. The second-order valence-electron chi connectivity index (χ2n) is 5.13. The third-order valence-corrected chi connectivity index (χ3v) is 3.67. The molecule has 3 aromatic carbocycles. The van der Waals surface area contributed by atoms with Gasteiger partial charge in [-0.2, -0.15) is 0 Å². The van der Waals surface area contributed by atoms with E-state index in [2.05, 4.69) is 0 Å². The van der Waals surface area contributed by atoms with Crippen molar-refractivity contribution in [3.63, 3.8) is 0 Å². The molecular weight excluding hydrogens is 285 g/mol. The molecule has 3 rings (SSSR count). The van der Waals surface area contributed by atoms with Crippen LogP contribution in [0, 0.1) is 24.4 Å². The van der Waals surface area contributed by atoms with Crippen molar-refractivity contribution in [3.05, 3.63) is 83.7 Å². The lowest BCUT2D eigenvalue weighted by Crippen LogP contribution is -1.93. The van der Waals surface area contributed by atoms with E-state index < -0.39 is 17.5 Å². The second-order valence-corrected chi connectivity index (χ2v) is 5.13. The van der Waals surface area contributed by atoms with Crippen LogP contribution in [0.4, 0.5) is 13.2 Å². The van der Waals surface area contributed by atoms with Crippen LogP contribution in [0.2, 0.25) is 0 Å². The van der Waals surface area contributed by atoms with Crippen LogP contribution in [-0.2, 0) is 0 Å². The van der Waals surface area contributed by atoms with Crippen molar-refractivity contribution in [2.75, 3.05) is 0 Å².